The third kappa shape index (κ3) is 5.84. The summed E-state index contributed by atoms with van der Waals surface area (Å²) in [6.45, 7) is 5.85. The molecule has 7 heteroatoms. The maximum atomic E-state index is 13.3. The highest BCUT2D eigenvalue weighted by Gasteiger charge is 2.28. The highest BCUT2D eigenvalue weighted by atomic mass is 16.2. The SMILES string of the molecule is CCCC1NC(=O)c2ccccc2/C1=C/C(=O)Nc1ccccc1-c1ccccc1NC(=O)C(N)C(C)C. The Bertz CT molecular complexity index is 1380. The summed E-state index contributed by atoms with van der Waals surface area (Å²) in [6, 6.07) is 21.3. The van der Waals surface area contributed by atoms with Gasteiger partial charge in [0.15, 0.2) is 0 Å². The van der Waals surface area contributed by atoms with E-state index in [0.717, 1.165) is 35.1 Å². The topological polar surface area (TPSA) is 113 Å². The molecule has 3 amide bonds. The smallest absolute Gasteiger partial charge is 0.252 e. The molecule has 7 nitrogen and oxygen atoms in total. The van der Waals surface area contributed by atoms with Crippen molar-refractivity contribution < 1.29 is 14.4 Å². The molecule has 0 saturated carbocycles. The fourth-order valence-electron chi connectivity index (χ4n) is 4.61. The summed E-state index contributed by atoms with van der Waals surface area (Å²) in [5, 5.41) is 8.99. The summed E-state index contributed by atoms with van der Waals surface area (Å²) in [5.41, 5.74) is 10.9. The van der Waals surface area contributed by atoms with Crippen molar-refractivity contribution >= 4 is 34.7 Å². The maximum absolute atomic E-state index is 13.3. The zero-order chi connectivity index (χ0) is 27.2. The van der Waals surface area contributed by atoms with Crippen LogP contribution in [-0.2, 0) is 9.59 Å². The van der Waals surface area contributed by atoms with Gasteiger partial charge in [-0.2, -0.15) is 0 Å². The van der Waals surface area contributed by atoms with Crippen molar-refractivity contribution in [3.05, 3.63) is 90.0 Å². The van der Waals surface area contributed by atoms with Crippen molar-refractivity contribution in [2.45, 2.75) is 45.7 Å². The van der Waals surface area contributed by atoms with Crippen LogP contribution in [-0.4, -0.2) is 29.8 Å². The minimum absolute atomic E-state index is 0.00647. The predicted molar refractivity (Wildman–Crippen MR) is 153 cm³/mol. The van der Waals surface area contributed by atoms with Gasteiger partial charge in [0.25, 0.3) is 5.91 Å². The molecule has 5 N–H and O–H groups in total. The molecule has 0 saturated heterocycles. The Balaban J connectivity index is 1.66. The molecule has 196 valence electrons. The van der Waals surface area contributed by atoms with Crippen LogP contribution in [0.15, 0.2) is 78.9 Å². The first-order chi connectivity index (χ1) is 18.3. The Morgan fingerprint density at radius 1 is 0.868 bits per heavy atom. The normalized spacial score (nSPS) is 16.5. The second-order valence-electron chi connectivity index (χ2n) is 9.80. The number of amides is 3. The third-order valence-corrected chi connectivity index (χ3v) is 6.71. The fraction of sp³-hybridized carbons (Fsp3) is 0.258. The molecule has 3 aromatic carbocycles. The summed E-state index contributed by atoms with van der Waals surface area (Å²) in [7, 11) is 0. The van der Waals surface area contributed by atoms with Crippen molar-refractivity contribution in [2.75, 3.05) is 10.6 Å². The molecule has 0 bridgehead atoms. The number of benzene rings is 3. The number of nitrogens with two attached hydrogens (primary N) is 1. The van der Waals surface area contributed by atoms with Crippen molar-refractivity contribution in [3.8, 4) is 11.1 Å². The highest BCUT2D eigenvalue weighted by Crippen LogP contribution is 2.34. The molecule has 2 atom stereocenters. The van der Waals surface area contributed by atoms with Crippen LogP contribution < -0.4 is 21.7 Å². The minimum Gasteiger partial charge on any atom is -0.345 e. The molecule has 0 aromatic heterocycles. The summed E-state index contributed by atoms with van der Waals surface area (Å²) in [6.07, 6.45) is 3.16. The van der Waals surface area contributed by atoms with Gasteiger partial charge in [-0.3, -0.25) is 14.4 Å². The number of hydrogen-bond donors (Lipinski definition) is 4. The Morgan fingerprint density at radius 2 is 1.39 bits per heavy atom. The van der Waals surface area contributed by atoms with E-state index in [1.165, 1.54) is 0 Å². The number of carbonyl (C=O) groups excluding carboxylic acids is 3. The van der Waals surface area contributed by atoms with E-state index in [2.05, 4.69) is 16.0 Å². The predicted octanol–water partition coefficient (Wildman–Crippen LogP) is 5.21. The van der Waals surface area contributed by atoms with E-state index >= 15 is 0 Å². The van der Waals surface area contributed by atoms with E-state index < -0.39 is 6.04 Å². The Hall–Kier alpha value is -4.23. The van der Waals surface area contributed by atoms with Crippen LogP contribution in [0, 0.1) is 5.92 Å². The lowest BCUT2D eigenvalue weighted by Gasteiger charge is -2.28. The molecule has 0 radical (unpaired) electrons. The first-order valence-electron chi connectivity index (χ1n) is 13.0. The maximum Gasteiger partial charge on any atom is 0.252 e. The van der Waals surface area contributed by atoms with Crippen molar-refractivity contribution in [1.82, 2.24) is 5.32 Å². The molecule has 0 aliphatic carbocycles. The molecule has 4 rings (SSSR count). The fourth-order valence-corrected chi connectivity index (χ4v) is 4.61. The van der Waals surface area contributed by atoms with E-state index in [9.17, 15) is 14.4 Å². The van der Waals surface area contributed by atoms with Gasteiger partial charge in [-0.05, 0) is 41.7 Å². The van der Waals surface area contributed by atoms with Gasteiger partial charge in [-0.25, -0.2) is 0 Å². The van der Waals surface area contributed by atoms with E-state index in [4.69, 9.17) is 5.73 Å². The minimum atomic E-state index is -0.639. The molecule has 0 spiro atoms. The number of fused-ring (bicyclic) bond motifs is 1. The Kier molecular flexibility index (Phi) is 8.38. The van der Waals surface area contributed by atoms with E-state index in [1.54, 1.807) is 12.1 Å². The third-order valence-electron chi connectivity index (χ3n) is 6.71. The summed E-state index contributed by atoms with van der Waals surface area (Å²) < 4.78 is 0. The van der Waals surface area contributed by atoms with Gasteiger partial charge in [0.1, 0.15) is 0 Å². The summed E-state index contributed by atoms with van der Waals surface area (Å²) >= 11 is 0. The number of hydrogen-bond acceptors (Lipinski definition) is 4. The lowest BCUT2D eigenvalue weighted by Crippen LogP contribution is -2.40. The van der Waals surface area contributed by atoms with Gasteiger partial charge < -0.3 is 21.7 Å². The molecule has 0 fully saturated rings. The molecule has 3 aromatic rings. The van der Waals surface area contributed by atoms with Crippen molar-refractivity contribution in [3.63, 3.8) is 0 Å². The molecule has 1 aliphatic rings. The number of rotatable bonds is 8. The first kappa shape index (κ1) is 26.8. The Morgan fingerprint density at radius 3 is 1.97 bits per heavy atom. The van der Waals surface area contributed by atoms with Gasteiger partial charge in [0.2, 0.25) is 11.8 Å². The van der Waals surface area contributed by atoms with Crippen molar-refractivity contribution in [1.29, 1.82) is 0 Å². The lowest BCUT2D eigenvalue weighted by molar-refractivity contribution is -0.118. The van der Waals surface area contributed by atoms with Gasteiger partial charge in [-0.15, -0.1) is 0 Å². The molecule has 38 heavy (non-hydrogen) atoms. The van der Waals surface area contributed by atoms with Gasteiger partial charge in [0, 0.05) is 34.1 Å². The standard InChI is InChI=1S/C31H34N4O3/c1-4-11-25-24(20-12-5-6-15-23(20)30(37)34-25)18-28(36)33-26-16-9-7-13-21(26)22-14-8-10-17-27(22)35-31(38)29(32)19(2)3/h5-10,12-19,25,29H,4,11,32H2,1-3H3,(H,33,36)(H,34,37)(H,35,38)/b24-18-. The van der Waals surface area contributed by atoms with Crippen LogP contribution in [0.1, 0.15) is 49.5 Å². The average Bonchev–Trinajstić information content (AvgIpc) is 2.91. The van der Waals surface area contributed by atoms with Crippen molar-refractivity contribution in [2.24, 2.45) is 11.7 Å². The van der Waals surface area contributed by atoms with Crippen LogP contribution in [0.2, 0.25) is 0 Å². The molecule has 2 unspecified atom stereocenters. The number of para-hydroxylation sites is 2. The number of carbonyl (C=O) groups is 3. The van der Waals surface area contributed by atoms with Crippen LogP contribution >= 0.6 is 0 Å². The largest absolute Gasteiger partial charge is 0.345 e. The van der Waals surface area contributed by atoms with Crippen LogP contribution in [0.3, 0.4) is 0 Å². The van der Waals surface area contributed by atoms with Gasteiger partial charge >= 0.3 is 0 Å². The molecular formula is C31H34N4O3. The molecule has 1 aliphatic heterocycles. The first-order valence-corrected chi connectivity index (χ1v) is 13.0. The molecule has 1 heterocycles. The van der Waals surface area contributed by atoms with E-state index in [0.29, 0.717) is 16.9 Å². The number of anilines is 2. The van der Waals surface area contributed by atoms with Crippen LogP contribution in [0.5, 0.6) is 0 Å². The van der Waals surface area contributed by atoms with E-state index in [-0.39, 0.29) is 29.7 Å². The Labute approximate surface area is 223 Å². The highest BCUT2D eigenvalue weighted by molar-refractivity contribution is 6.11. The number of nitrogens with one attached hydrogen (secondary N) is 3. The van der Waals surface area contributed by atoms with Gasteiger partial charge in [-0.1, -0.05) is 81.8 Å². The van der Waals surface area contributed by atoms with Crippen LogP contribution in [0.25, 0.3) is 16.7 Å². The second-order valence-corrected chi connectivity index (χ2v) is 9.80. The van der Waals surface area contributed by atoms with E-state index in [1.807, 2.05) is 87.5 Å². The summed E-state index contributed by atoms with van der Waals surface area (Å²) in [4.78, 5) is 38.6. The van der Waals surface area contributed by atoms with Crippen LogP contribution in [0.4, 0.5) is 11.4 Å². The monoisotopic (exact) mass is 510 g/mol. The zero-order valence-electron chi connectivity index (χ0n) is 22.0. The lowest BCUT2D eigenvalue weighted by atomic mass is 9.87. The zero-order valence-corrected chi connectivity index (χ0v) is 22.0. The summed E-state index contributed by atoms with van der Waals surface area (Å²) in [5.74, 6) is -0.702. The quantitative estimate of drug-likeness (QED) is 0.312. The molecular weight excluding hydrogens is 476 g/mol. The van der Waals surface area contributed by atoms with Gasteiger partial charge in [0.05, 0.1) is 12.1 Å². The average molecular weight is 511 g/mol. The second kappa shape index (κ2) is 11.9.